The van der Waals surface area contributed by atoms with Crippen molar-refractivity contribution in [2.24, 2.45) is 0 Å². The fourth-order valence-electron chi connectivity index (χ4n) is 8.52. The van der Waals surface area contributed by atoms with Crippen molar-refractivity contribution in [2.45, 2.75) is 290 Å². The minimum atomic E-state index is -4.70. The summed E-state index contributed by atoms with van der Waals surface area (Å²) in [5.74, 6) is -0.608. The maximum atomic E-state index is 13.5. The van der Waals surface area contributed by atoms with Crippen LogP contribution >= 0.6 is 7.82 Å². The Bertz CT molecular complexity index is 1280. The van der Waals surface area contributed by atoms with Crippen LogP contribution in [0.1, 0.15) is 278 Å². The highest BCUT2D eigenvalue weighted by molar-refractivity contribution is 7.45. The van der Waals surface area contributed by atoms with Gasteiger partial charge in [0.05, 0.1) is 33.8 Å². The first kappa shape index (κ1) is 67.2. The van der Waals surface area contributed by atoms with Gasteiger partial charge in [0.25, 0.3) is 7.82 Å². The van der Waals surface area contributed by atoms with Crippen LogP contribution in [0, 0.1) is 0 Å². The van der Waals surface area contributed by atoms with Gasteiger partial charge in [-0.1, -0.05) is 250 Å². The van der Waals surface area contributed by atoms with Crippen molar-refractivity contribution < 1.29 is 37.3 Å². The van der Waals surface area contributed by atoms with Crippen LogP contribution < -0.4 is 10.2 Å². The molecule has 3 atom stereocenters. The van der Waals surface area contributed by atoms with Gasteiger partial charge in [-0.2, -0.15) is 0 Å². The van der Waals surface area contributed by atoms with Gasteiger partial charge < -0.3 is 28.5 Å². The Morgan fingerprint density at radius 2 is 0.899 bits per heavy atom. The zero-order valence-electron chi connectivity index (χ0n) is 46.3. The summed E-state index contributed by atoms with van der Waals surface area (Å²) in [6.45, 7) is 6.82. The van der Waals surface area contributed by atoms with Gasteiger partial charge >= 0.3 is 5.97 Å². The molecule has 406 valence electrons. The molecule has 9 nitrogen and oxygen atoms in total. The lowest BCUT2D eigenvalue weighted by atomic mass is 10.0. The first-order valence-corrected chi connectivity index (χ1v) is 30.8. The van der Waals surface area contributed by atoms with E-state index in [1.54, 1.807) is 0 Å². The van der Waals surface area contributed by atoms with Gasteiger partial charge in [0.1, 0.15) is 19.3 Å². The summed E-state index contributed by atoms with van der Waals surface area (Å²) in [7, 11) is 1.17. The van der Waals surface area contributed by atoms with Crippen LogP contribution in [0.4, 0.5) is 0 Å². The highest BCUT2D eigenvalue weighted by atomic mass is 31.2. The van der Waals surface area contributed by atoms with E-state index in [4.69, 9.17) is 13.8 Å². The van der Waals surface area contributed by atoms with Crippen LogP contribution in [0.2, 0.25) is 0 Å². The van der Waals surface area contributed by atoms with Gasteiger partial charge in [0, 0.05) is 12.8 Å². The molecule has 0 bridgehead atoms. The average molecular weight is 994 g/mol. The summed E-state index contributed by atoms with van der Waals surface area (Å²) < 4.78 is 30.2. The minimum absolute atomic E-state index is 0.0275. The second kappa shape index (κ2) is 49.8. The number of carbonyl (C=O) groups excluding carboxylic acids is 2. The van der Waals surface area contributed by atoms with Gasteiger partial charge in [-0.25, -0.2) is 0 Å². The van der Waals surface area contributed by atoms with Crippen molar-refractivity contribution in [3.8, 4) is 0 Å². The molecule has 10 heteroatoms. The molecule has 0 saturated carbocycles. The summed E-state index contributed by atoms with van der Waals surface area (Å²) in [5, 5.41) is 3.01. The summed E-state index contributed by atoms with van der Waals surface area (Å²) in [4.78, 5) is 39.8. The van der Waals surface area contributed by atoms with E-state index < -0.39 is 32.5 Å². The molecule has 0 aliphatic heterocycles. The fourth-order valence-corrected chi connectivity index (χ4v) is 9.24. The Kier molecular flexibility index (Phi) is 48.5. The third kappa shape index (κ3) is 51.0. The Morgan fingerprint density at radius 3 is 1.33 bits per heavy atom. The summed E-state index contributed by atoms with van der Waals surface area (Å²) >= 11 is 0. The molecule has 0 rings (SSSR count). The van der Waals surface area contributed by atoms with Gasteiger partial charge in [-0.05, 0) is 51.0 Å². The predicted molar refractivity (Wildman–Crippen MR) is 293 cm³/mol. The number of esters is 1. The minimum Gasteiger partial charge on any atom is -0.756 e. The highest BCUT2D eigenvalue weighted by Crippen LogP contribution is 2.38. The van der Waals surface area contributed by atoms with Gasteiger partial charge in [0.15, 0.2) is 0 Å². The van der Waals surface area contributed by atoms with E-state index in [9.17, 15) is 19.0 Å². The van der Waals surface area contributed by atoms with Crippen molar-refractivity contribution in [3.05, 3.63) is 36.5 Å². The lowest BCUT2D eigenvalue weighted by Gasteiger charge is -2.30. The molecular weight excluding hydrogens is 880 g/mol. The number of phosphoric ester groups is 1. The summed E-state index contributed by atoms with van der Waals surface area (Å²) in [6, 6.07) is -0.905. The van der Waals surface area contributed by atoms with Crippen LogP contribution in [0.5, 0.6) is 0 Å². The molecule has 0 heterocycles. The molecule has 0 aromatic heterocycles. The monoisotopic (exact) mass is 993 g/mol. The van der Waals surface area contributed by atoms with E-state index in [1.165, 1.54) is 186 Å². The predicted octanol–water partition coefficient (Wildman–Crippen LogP) is 16.9. The van der Waals surface area contributed by atoms with Gasteiger partial charge in [0.2, 0.25) is 5.91 Å². The maximum absolute atomic E-state index is 13.5. The number of quaternary nitrogens is 1. The molecule has 1 N–H and O–H groups in total. The first-order chi connectivity index (χ1) is 33.4. The quantitative estimate of drug-likeness (QED) is 0.0212. The Balaban J connectivity index is 5.37. The number of allylic oxidation sites excluding steroid dienone is 5. The van der Waals surface area contributed by atoms with Crippen molar-refractivity contribution in [3.63, 3.8) is 0 Å². The summed E-state index contributed by atoms with van der Waals surface area (Å²) in [6.07, 6.45) is 58.3. The second-order valence-electron chi connectivity index (χ2n) is 21.2. The van der Waals surface area contributed by atoms with Gasteiger partial charge in [-0.15, -0.1) is 0 Å². The molecule has 69 heavy (non-hydrogen) atoms. The number of nitrogens with one attached hydrogen (secondary N) is 1. The molecule has 0 aromatic carbocycles. The van der Waals surface area contributed by atoms with Crippen LogP contribution in [0.25, 0.3) is 0 Å². The molecule has 0 spiro atoms. The van der Waals surface area contributed by atoms with Gasteiger partial charge in [-0.3, -0.25) is 14.2 Å². The number of amides is 1. The second-order valence-corrected chi connectivity index (χ2v) is 22.6. The van der Waals surface area contributed by atoms with Crippen LogP contribution in [0.3, 0.4) is 0 Å². The molecule has 3 unspecified atom stereocenters. The molecule has 0 fully saturated rings. The fraction of sp³-hybridized carbons (Fsp3) is 0.864. The number of rotatable bonds is 53. The number of phosphoric acid groups is 1. The molecule has 0 saturated heterocycles. The largest absolute Gasteiger partial charge is 0.756 e. The van der Waals surface area contributed by atoms with E-state index in [1.807, 2.05) is 39.4 Å². The van der Waals surface area contributed by atoms with Crippen molar-refractivity contribution in [1.82, 2.24) is 5.32 Å². The normalized spacial score (nSPS) is 14.0. The topological polar surface area (TPSA) is 114 Å². The molecule has 0 aliphatic carbocycles. The van der Waals surface area contributed by atoms with Crippen molar-refractivity contribution in [1.29, 1.82) is 0 Å². The smallest absolute Gasteiger partial charge is 0.306 e. The van der Waals surface area contributed by atoms with E-state index >= 15 is 0 Å². The van der Waals surface area contributed by atoms with Crippen LogP contribution in [-0.2, 0) is 27.9 Å². The van der Waals surface area contributed by atoms with Crippen LogP contribution in [-0.4, -0.2) is 69.4 Å². The molecule has 1 amide bonds. The summed E-state index contributed by atoms with van der Waals surface area (Å²) in [5.41, 5.74) is 0. The lowest BCUT2D eigenvalue weighted by Crippen LogP contribution is -2.47. The number of unbranched alkanes of at least 4 members (excludes halogenated alkanes) is 33. The Labute approximate surface area is 427 Å². The third-order valence-electron chi connectivity index (χ3n) is 13.1. The zero-order chi connectivity index (χ0) is 50.8. The number of nitrogens with zero attached hydrogens (tertiary/aromatic N) is 1. The molecule has 0 aromatic rings. The number of hydrogen-bond acceptors (Lipinski definition) is 7. The van der Waals surface area contributed by atoms with E-state index in [-0.39, 0.29) is 18.9 Å². The molecule has 0 radical (unpaired) electrons. The Morgan fingerprint density at radius 1 is 0.507 bits per heavy atom. The van der Waals surface area contributed by atoms with Crippen molar-refractivity contribution in [2.75, 3.05) is 40.9 Å². The number of ether oxygens (including phenoxy) is 1. The first-order valence-electron chi connectivity index (χ1n) is 29.3. The van der Waals surface area contributed by atoms with E-state index in [0.29, 0.717) is 23.9 Å². The van der Waals surface area contributed by atoms with E-state index in [2.05, 4.69) is 44.3 Å². The third-order valence-corrected chi connectivity index (χ3v) is 14.1. The lowest BCUT2D eigenvalue weighted by molar-refractivity contribution is -0.870. The zero-order valence-corrected chi connectivity index (χ0v) is 47.2. The SMILES string of the molecule is CCCCCCCC/C=C\C/C=C/CCC(=O)OC(/C=C/CCCCCCCCCCCCC)C(COP(=O)([O-])OCC[N+](C)(C)C)NC(=O)CCCCCCCCCCCCCCCCCCC. The molecule has 0 aliphatic rings. The number of hydrogen-bond donors (Lipinski definition) is 1. The van der Waals surface area contributed by atoms with E-state index in [0.717, 1.165) is 51.4 Å². The van der Waals surface area contributed by atoms with Crippen molar-refractivity contribution >= 4 is 19.7 Å². The highest BCUT2D eigenvalue weighted by Gasteiger charge is 2.27. The number of likely N-dealkylation sites (N-methyl/N-ethyl adjacent to an activating group) is 1. The number of carbonyl (C=O) groups is 2. The standard InChI is InChI=1S/C59H113N2O7P/c1-7-10-13-16-19-22-25-28-29-30-31-34-36-39-42-45-48-51-58(62)60-56(55-67-69(64,65)66-54-53-61(4,5)6)57(50-47-44-41-38-35-32-26-23-20-17-14-11-8-2)68-59(63)52-49-46-43-40-37-33-27-24-21-18-15-12-9-3/h33,37,43,46-47,50,56-57H,7-32,34-36,38-42,44-45,48-49,51-55H2,1-6H3,(H-,60,62,64,65)/b37-33-,46-43+,50-47+. The maximum Gasteiger partial charge on any atom is 0.306 e. The Hall–Kier alpha value is -1.77. The molecular formula is C59H113N2O7P. The van der Waals surface area contributed by atoms with Crippen LogP contribution in [0.15, 0.2) is 36.5 Å². The average Bonchev–Trinajstić information content (AvgIpc) is 3.31.